The van der Waals surface area contributed by atoms with Gasteiger partial charge in [0.1, 0.15) is 5.82 Å². The summed E-state index contributed by atoms with van der Waals surface area (Å²) < 4.78 is 28.6. The fourth-order valence-electron chi connectivity index (χ4n) is 3.73. The molecular formula is C22H24N4O3S. The first kappa shape index (κ1) is 20.3. The third-order valence-corrected chi connectivity index (χ3v) is 6.97. The van der Waals surface area contributed by atoms with Gasteiger partial charge in [0.25, 0.3) is 10.0 Å². The summed E-state index contributed by atoms with van der Waals surface area (Å²) >= 11 is 0. The maximum absolute atomic E-state index is 13.3. The van der Waals surface area contributed by atoms with Gasteiger partial charge in [0.05, 0.1) is 15.8 Å². The molecule has 0 radical (unpaired) electrons. The Balaban J connectivity index is 1.72. The summed E-state index contributed by atoms with van der Waals surface area (Å²) in [5.74, 6) is 0.174. The van der Waals surface area contributed by atoms with E-state index in [0.29, 0.717) is 29.6 Å². The van der Waals surface area contributed by atoms with Gasteiger partial charge in [-0.2, -0.15) is 0 Å². The predicted molar refractivity (Wildman–Crippen MR) is 116 cm³/mol. The summed E-state index contributed by atoms with van der Waals surface area (Å²) in [5, 5.41) is 0.480. The Bertz CT molecular complexity index is 1230. The number of rotatable bonds is 6. The molecule has 7 nitrogen and oxygen atoms in total. The molecule has 1 N–H and O–H groups in total. The Morgan fingerprint density at radius 3 is 2.60 bits per heavy atom. The van der Waals surface area contributed by atoms with Crippen LogP contribution in [0.1, 0.15) is 30.9 Å². The molecule has 4 rings (SSSR count). The average Bonchev–Trinajstić information content (AvgIpc) is 3.54. The van der Waals surface area contributed by atoms with Gasteiger partial charge < -0.3 is 4.90 Å². The van der Waals surface area contributed by atoms with E-state index in [1.165, 1.54) is 6.07 Å². The molecule has 0 unspecified atom stereocenters. The van der Waals surface area contributed by atoms with Crippen molar-refractivity contribution < 1.29 is 13.2 Å². The van der Waals surface area contributed by atoms with Gasteiger partial charge in [-0.1, -0.05) is 13.0 Å². The number of carbonyl (C=O) groups excluding carboxylic acids is 1. The number of amides is 1. The molecule has 8 heteroatoms. The van der Waals surface area contributed by atoms with Crippen molar-refractivity contribution in [2.45, 2.75) is 36.5 Å². The van der Waals surface area contributed by atoms with Gasteiger partial charge in [-0.15, -0.1) is 0 Å². The van der Waals surface area contributed by atoms with E-state index in [2.05, 4.69) is 14.7 Å². The van der Waals surface area contributed by atoms with Crippen molar-refractivity contribution in [1.82, 2.24) is 14.7 Å². The van der Waals surface area contributed by atoms with E-state index in [4.69, 9.17) is 0 Å². The number of hydrogen-bond acceptors (Lipinski definition) is 6. The largest absolute Gasteiger partial charge is 0.362 e. The van der Waals surface area contributed by atoms with Gasteiger partial charge >= 0.3 is 0 Å². The fraction of sp³-hybridized carbons (Fsp3) is 0.318. The normalized spacial score (nSPS) is 15.0. The molecule has 3 aromatic rings. The van der Waals surface area contributed by atoms with Crippen molar-refractivity contribution in [1.29, 1.82) is 0 Å². The topological polar surface area (TPSA) is 92.3 Å². The van der Waals surface area contributed by atoms with Gasteiger partial charge in [-0.25, -0.2) is 18.1 Å². The quantitative estimate of drug-likeness (QED) is 0.654. The molecule has 30 heavy (non-hydrogen) atoms. The minimum Gasteiger partial charge on any atom is -0.362 e. The van der Waals surface area contributed by atoms with Crippen molar-refractivity contribution in [3.8, 4) is 0 Å². The molecule has 0 atom stereocenters. The van der Waals surface area contributed by atoms with Crippen LogP contribution in [-0.2, 0) is 26.7 Å². The zero-order valence-electron chi connectivity index (χ0n) is 17.2. The SMILES string of the molecule is CCc1cnc(N(C)C)c(C2(C(=O)NS(=O)(=O)c3cccc4ncccc34)CC2)c1. The molecular weight excluding hydrogens is 400 g/mol. The van der Waals surface area contributed by atoms with Crippen LogP contribution in [0, 0.1) is 0 Å². The van der Waals surface area contributed by atoms with Crippen molar-refractivity contribution >= 4 is 32.7 Å². The number of carbonyl (C=O) groups is 1. The van der Waals surface area contributed by atoms with Gasteiger partial charge in [0.2, 0.25) is 5.91 Å². The first-order valence-electron chi connectivity index (χ1n) is 9.86. The Kier molecular flexibility index (Phi) is 4.97. The Morgan fingerprint density at radius 2 is 1.93 bits per heavy atom. The van der Waals surface area contributed by atoms with Crippen LogP contribution in [0.15, 0.2) is 53.7 Å². The first-order valence-corrected chi connectivity index (χ1v) is 11.3. The van der Waals surface area contributed by atoms with E-state index in [-0.39, 0.29) is 4.90 Å². The Hall–Kier alpha value is -3.00. The average molecular weight is 425 g/mol. The molecule has 156 valence electrons. The molecule has 0 spiro atoms. The third kappa shape index (κ3) is 3.41. The second-order valence-electron chi connectivity index (χ2n) is 7.81. The molecule has 2 heterocycles. The van der Waals surface area contributed by atoms with Crippen LogP contribution in [0.3, 0.4) is 0 Å². The number of pyridine rings is 2. The van der Waals surface area contributed by atoms with Crippen LogP contribution in [0.5, 0.6) is 0 Å². The third-order valence-electron chi connectivity index (χ3n) is 5.58. The summed E-state index contributed by atoms with van der Waals surface area (Å²) in [7, 11) is -0.327. The number of aryl methyl sites for hydroxylation is 1. The molecule has 0 aliphatic heterocycles. The molecule has 1 saturated carbocycles. The zero-order valence-corrected chi connectivity index (χ0v) is 18.0. The van der Waals surface area contributed by atoms with E-state index in [9.17, 15) is 13.2 Å². The number of nitrogens with zero attached hydrogens (tertiary/aromatic N) is 3. The van der Waals surface area contributed by atoms with Crippen LogP contribution in [0.4, 0.5) is 5.82 Å². The molecule has 2 aromatic heterocycles. The van der Waals surface area contributed by atoms with E-state index < -0.39 is 21.3 Å². The second-order valence-corrected chi connectivity index (χ2v) is 9.46. The molecule has 1 aliphatic rings. The van der Waals surface area contributed by atoms with Crippen LogP contribution in [0.2, 0.25) is 0 Å². The lowest BCUT2D eigenvalue weighted by Crippen LogP contribution is -2.39. The van der Waals surface area contributed by atoms with E-state index in [0.717, 1.165) is 17.5 Å². The number of hydrogen-bond donors (Lipinski definition) is 1. The first-order chi connectivity index (χ1) is 14.3. The maximum atomic E-state index is 13.3. The van der Waals surface area contributed by atoms with Crippen LogP contribution in [-0.4, -0.2) is 38.4 Å². The molecule has 1 fully saturated rings. The van der Waals surface area contributed by atoms with Gasteiger partial charge in [-0.3, -0.25) is 9.78 Å². The smallest absolute Gasteiger partial charge is 0.264 e. The number of nitrogens with one attached hydrogen (secondary N) is 1. The highest BCUT2D eigenvalue weighted by molar-refractivity contribution is 7.90. The number of fused-ring (bicyclic) bond motifs is 1. The minimum absolute atomic E-state index is 0.0468. The van der Waals surface area contributed by atoms with Crippen molar-refractivity contribution in [3.63, 3.8) is 0 Å². The van der Waals surface area contributed by atoms with Crippen molar-refractivity contribution in [2.75, 3.05) is 19.0 Å². The lowest BCUT2D eigenvalue weighted by Gasteiger charge is -2.23. The van der Waals surface area contributed by atoms with Crippen LogP contribution in [0.25, 0.3) is 10.9 Å². The highest BCUT2D eigenvalue weighted by atomic mass is 32.2. The number of anilines is 1. The second kappa shape index (κ2) is 7.36. The molecule has 0 bridgehead atoms. The summed E-state index contributed by atoms with van der Waals surface area (Å²) in [6.45, 7) is 2.02. The number of benzene rings is 1. The van der Waals surface area contributed by atoms with Gasteiger partial charge in [0, 0.05) is 37.4 Å². The zero-order chi connectivity index (χ0) is 21.5. The predicted octanol–water partition coefficient (Wildman–Crippen LogP) is 2.79. The highest BCUT2D eigenvalue weighted by Gasteiger charge is 2.54. The maximum Gasteiger partial charge on any atom is 0.264 e. The summed E-state index contributed by atoms with van der Waals surface area (Å²) in [6.07, 6.45) is 5.36. The van der Waals surface area contributed by atoms with Crippen LogP contribution < -0.4 is 9.62 Å². The highest BCUT2D eigenvalue weighted by Crippen LogP contribution is 2.51. The number of sulfonamides is 1. The lowest BCUT2D eigenvalue weighted by atomic mass is 9.94. The van der Waals surface area contributed by atoms with E-state index in [1.54, 1.807) is 36.7 Å². The molecule has 1 aromatic carbocycles. The van der Waals surface area contributed by atoms with Gasteiger partial charge in [-0.05, 0) is 55.2 Å². The Morgan fingerprint density at radius 1 is 1.17 bits per heavy atom. The van der Waals surface area contributed by atoms with E-state index >= 15 is 0 Å². The Labute approximate surface area is 176 Å². The van der Waals surface area contributed by atoms with E-state index in [1.807, 2.05) is 32.0 Å². The monoisotopic (exact) mass is 424 g/mol. The van der Waals surface area contributed by atoms with Gasteiger partial charge in [0.15, 0.2) is 0 Å². The van der Waals surface area contributed by atoms with Crippen LogP contribution >= 0.6 is 0 Å². The minimum atomic E-state index is -4.06. The fourth-order valence-corrected chi connectivity index (χ4v) is 5.00. The van der Waals surface area contributed by atoms with Crippen molar-refractivity contribution in [2.24, 2.45) is 0 Å². The standard InChI is InChI=1S/C22H24N4O3S/c1-4-15-13-17(20(24-14-15)26(2)3)22(10-11-22)21(27)25-30(28,29)19-9-5-8-18-16(19)7-6-12-23-18/h5-9,12-14H,4,10-11H2,1-3H3,(H,25,27). The number of aromatic nitrogens is 2. The van der Waals surface area contributed by atoms with Crippen molar-refractivity contribution in [3.05, 3.63) is 59.9 Å². The summed E-state index contributed by atoms with van der Waals surface area (Å²) in [6, 6.07) is 10.2. The summed E-state index contributed by atoms with van der Waals surface area (Å²) in [5.41, 5.74) is 1.47. The molecule has 1 amide bonds. The molecule has 1 aliphatic carbocycles. The molecule has 0 saturated heterocycles. The lowest BCUT2D eigenvalue weighted by molar-refractivity contribution is -0.121. The summed E-state index contributed by atoms with van der Waals surface area (Å²) in [4.78, 5) is 23.9.